The summed E-state index contributed by atoms with van der Waals surface area (Å²) in [6.45, 7) is 3.61. The van der Waals surface area contributed by atoms with Crippen molar-refractivity contribution in [1.29, 1.82) is 0 Å². The largest absolute Gasteiger partial charge is 0.334 e. The lowest BCUT2D eigenvalue weighted by Crippen LogP contribution is -2.10. The Bertz CT molecular complexity index is 524. The van der Waals surface area contributed by atoms with E-state index in [2.05, 4.69) is 10.1 Å². The minimum Gasteiger partial charge on any atom is -0.334 e. The number of halogens is 1. The average molecular weight is 235 g/mol. The molecule has 17 heavy (non-hydrogen) atoms. The van der Waals surface area contributed by atoms with Gasteiger partial charge in [-0.25, -0.2) is 4.39 Å². The summed E-state index contributed by atoms with van der Waals surface area (Å²) in [6.07, 6.45) is 0.704. The molecule has 5 heteroatoms. The fourth-order valence-corrected chi connectivity index (χ4v) is 1.49. The molecule has 1 aromatic heterocycles. The van der Waals surface area contributed by atoms with Gasteiger partial charge >= 0.3 is 0 Å². The van der Waals surface area contributed by atoms with Crippen LogP contribution in [0.5, 0.6) is 0 Å². The number of aromatic nitrogens is 2. The van der Waals surface area contributed by atoms with Crippen LogP contribution < -0.4 is 5.73 Å². The third kappa shape index (κ3) is 2.19. The second-order valence-corrected chi connectivity index (χ2v) is 3.91. The van der Waals surface area contributed by atoms with E-state index in [1.165, 1.54) is 0 Å². The molecule has 0 saturated heterocycles. The van der Waals surface area contributed by atoms with Crippen molar-refractivity contribution >= 4 is 0 Å². The van der Waals surface area contributed by atoms with E-state index in [1.54, 1.807) is 25.1 Å². The van der Waals surface area contributed by atoms with Crippen molar-refractivity contribution in [2.75, 3.05) is 0 Å². The molecule has 0 fully saturated rings. The van der Waals surface area contributed by atoms with Crippen LogP contribution in [-0.2, 0) is 0 Å². The number of hydrogen-bond acceptors (Lipinski definition) is 4. The smallest absolute Gasteiger partial charge is 0.260 e. The first-order chi connectivity index (χ1) is 8.13. The summed E-state index contributed by atoms with van der Waals surface area (Å²) in [5, 5.41) is 3.76. The summed E-state index contributed by atoms with van der Waals surface area (Å²) in [5.74, 6) is 0.237. The van der Waals surface area contributed by atoms with Gasteiger partial charge in [-0.15, -0.1) is 0 Å². The fraction of sp³-hybridized carbons (Fsp3) is 0.333. The maximum atomic E-state index is 13.8. The second-order valence-electron chi connectivity index (χ2n) is 3.91. The van der Waals surface area contributed by atoms with Crippen LogP contribution in [0.25, 0.3) is 11.5 Å². The molecule has 1 unspecified atom stereocenters. The van der Waals surface area contributed by atoms with Crippen LogP contribution in [-0.4, -0.2) is 10.1 Å². The maximum Gasteiger partial charge on any atom is 0.260 e. The summed E-state index contributed by atoms with van der Waals surface area (Å²) in [6, 6.07) is 4.77. The Morgan fingerprint density at radius 2 is 2.24 bits per heavy atom. The van der Waals surface area contributed by atoms with E-state index in [0.717, 1.165) is 0 Å². The van der Waals surface area contributed by atoms with Gasteiger partial charge in [0.1, 0.15) is 5.82 Å². The Morgan fingerprint density at radius 3 is 2.94 bits per heavy atom. The third-order valence-corrected chi connectivity index (χ3v) is 2.64. The molecule has 0 aliphatic heterocycles. The Hall–Kier alpha value is -1.75. The Balaban J connectivity index is 2.40. The van der Waals surface area contributed by atoms with Gasteiger partial charge in [0.05, 0.1) is 11.6 Å². The molecule has 1 aromatic carbocycles. The number of nitrogens with two attached hydrogens (primary N) is 1. The zero-order chi connectivity index (χ0) is 12.4. The summed E-state index contributed by atoms with van der Waals surface area (Å²) in [4.78, 5) is 4.11. The van der Waals surface area contributed by atoms with Crippen molar-refractivity contribution in [1.82, 2.24) is 10.1 Å². The quantitative estimate of drug-likeness (QED) is 0.888. The highest BCUT2D eigenvalue weighted by Crippen LogP contribution is 2.24. The maximum absolute atomic E-state index is 13.8. The zero-order valence-electron chi connectivity index (χ0n) is 9.77. The van der Waals surface area contributed by atoms with Crippen molar-refractivity contribution < 1.29 is 8.91 Å². The predicted octanol–water partition coefficient (Wildman–Crippen LogP) is 2.59. The van der Waals surface area contributed by atoms with Gasteiger partial charge in [-0.3, -0.25) is 0 Å². The Kier molecular flexibility index (Phi) is 3.19. The molecule has 0 spiro atoms. The van der Waals surface area contributed by atoms with Gasteiger partial charge in [-0.05, 0) is 25.0 Å². The molecule has 2 aromatic rings. The lowest BCUT2D eigenvalue weighted by molar-refractivity contribution is 0.413. The van der Waals surface area contributed by atoms with E-state index >= 15 is 0 Å². The van der Waals surface area contributed by atoms with Crippen LogP contribution in [0.1, 0.15) is 30.8 Å². The van der Waals surface area contributed by atoms with Crippen LogP contribution in [0.3, 0.4) is 0 Å². The van der Waals surface area contributed by atoms with Crippen LogP contribution in [0.4, 0.5) is 4.39 Å². The first-order valence-electron chi connectivity index (χ1n) is 5.48. The molecule has 90 valence electrons. The van der Waals surface area contributed by atoms with Crippen molar-refractivity contribution in [3.63, 3.8) is 0 Å². The molecular formula is C12H14FN3O. The second kappa shape index (κ2) is 4.63. The minimum atomic E-state index is -0.340. The molecular weight excluding hydrogens is 221 g/mol. The zero-order valence-corrected chi connectivity index (χ0v) is 9.77. The molecule has 2 N–H and O–H groups in total. The molecule has 0 saturated carbocycles. The molecule has 2 rings (SSSR count). The van der Waals surface area contributed by atoms with E-state index in [-0.39, 0.29) is 17.7 Å². The van der Waals surface area contributed by atoms with Crippen molar-refractivity contribution in [2.24, 2.45) is 5.73 Å². The average Bonchev–Trinajstić information content (AvgIpc) is 2.81. The third-order valence-electron chi connectivity index (χ3n) is 2.64. The highest BCUT2D eigenvalue weighted by Gasteiger charge is 2.17. The van der Waals surface area contributed by atoms with E-state index in [1.807, 2.05) is 6.92 Å². The van der Waals surface area contributed by atoms with E-state index in [4.69, 9.17) is 10.3 Å². The summed E-state index contributed by atoms with van der Waals surface area (Å²) in [7, 11) is 0. The molecule has 0 amide bonds. The summed E-state index contributed by atoms with van der Waals surface area (Å²) in [5.41, 5.74) is 6.63. The monoisotopic (exact) mass is 235 g/mol. The molecule has 0 bridgehead atoms. The highest BCUT2D eigenvalue weighted by molar-refractivity contribution is 5.55. The minimum absolute atomic E-state index is 0.171. The van der Waals surface area contributed by atoms with Crippen LogP contribution in [0.2, 0.25) is 0 Å². The first kappa shape index (κ1) is 11.7. The Labute approximate surface area is 98.6 Å². The number of aryl methyl sites for hydroxylation is 1. The number of hydrogen-bond donors (Lipinski definition) is 1. The molecule has 1 heterocycles. The SMILES string of the molecule is CCC(N)c1noc(-c2cccc(C)c2F)n1. The number of nitrogens with zero attached hydrogens (tertiary/aromatic N) is 2. The van der Waals surface area contributed by atoms with Gasteiger partial charge in [0.15, 0.2) is 5.82 Å². The first-order valence-corrected chi connectivity index (χ1v) is 5.48. The van der Waals surface area contributed by atoms with E-state index in [0.29, 0.717) is 23.4 Å². The van der Waals surface area contributed by atoms with Gasteiger partial charge in [-0.1, -0.05) is 24.2 Å². The van der Waals surface area contributed by atoms with Gasteiger partial charge in [-0.2, -0.15) is 4.98 Å². The van der Waals surface area contributed by atoms with Crippen LogP contribution in [0.15, 0.2) is 22.7 Å². The van der Waals surface area contributed by atoms with Crippen molar-refractivity contribution in [3.8, 4) is 11.5 Å². The molecule has 0 aliphatic carbocycles. The normalized spacial score (nSPS) is 12.7. The molecule has 0 radical (unpaired) electrons. The number of benzene rings is 1. The Morgan fingerprint density at radius 1 is 1.47 bits per heavy atom. The predicted molar refractivity (Wildman–Crippen MR) is 61.6 cm³/mol. The van der Waals surface area contributed by atoms with Gasteiger partial charge in [0.2, 0.25) is 0 Å². The fourth-order valence-electron chi connectivity index (χ4n) is 1.49. The van der Waals surface area contributed by atoms with E-state index in [9.17, 15) is 4.39 Å². The van der Waals surface area contributed by atoms with E-state index < -0.39 is 0 Å². The van der Waals surface area contributed by atoms with Gasteiger partial charge in [0.25, 0.3) is 5.89 Å². The van der Waals surface area contributed by atoms with Gasteiger partial charge in [0, 0.05) is 0 Å². The lowest BCUT2D eigenvalue weighted by Gasteiger charge is -2.01. The highest BCUT2D eigenvalue weighted by atomic mass is 19.1. The molecule has 4 nitrogen and oxygen atoms in total. The summed E-state index contributed by atoms with van der Waals surface area (Å²) < 4.78 is 18.8. The number of rotatable bonds is 3. The standard InChI is InChI=1S/C12H14FN3O/c1-3-9(14)11-15-12(17-16-11)8-6-4-5-7(2)10(8)13/h4-6,9H,3,14H2,1-2H3. The van der Waals surface area contributed by atoms with Crippen molar-refractivity contribution in [3.05, 3.63) is 35.4 Å². The summed E-state index contributed by atoms with van der Waals surface area (Å²) >= 11 is 0. The van der Waals surface area contributed by atoms with Gasteiger partial charge < -0.3 is 10.3 Å². The topological polar surface area (TPSA) is 64.9 Å². The van der Waals surface area contributed by atoms with Crippen LogP contribution in [0, 0.1) is 12.7 Å². The van der Waals surface area contributed by atoms with Crippen molar-refractivity contribution in [2.45, 2.75) is 26.3 Å². The molecule has 1 atom stereocenters. The lowest BCUT2D eigenvalue weighted by atomic mass is 10.1. The molecule has 0 aliphatic rings. The van der Waals surface area contributed by atoms with Crippen LogP contribution >= 0.6 is 0 Å².